The number of rotatable bonds is 2. The van der Waals surface area contributed by atoms with Crippen molar-refractivity contribution in [3.63, 3.8) is 0 Å². The van der Waals surface area contributed by atoms with Crippen molar-refractivity contribution in [3.05, 3.63) is 105 Å². The van der Waals surface area contributed by atoms with Crippen LogP contribution < -0.4 is 0 Å². The van der Waals surface area contributed by atoms with Gasteiger partial charge in [0.25, 0.3) is 0 Å². The summed E-state index contributed by atoms with van der Waals surface area (Å²) in [4.78, 5) is 0. The maximum atomic E-state index is 3.67. The summed E-state index contributed by atoms with van der Waals surface area (Å²) in [7, 11) is 0. The number of hydrogen-bond acceptors (Lipinski definition) is 0. The van der Waals surface area contributed by atoms with E-state index in [9.17, 15) is 0 Å². The lowest BCUT2D eigenvalue weighted by Gasteiger charge is -2.14. The summed E-state index contributed by atoms with van der Waals surface area (Å²) in [6, 6.07) is 35.0. The molecule has 0 aliphatic rings. The highest BCUT2D eigenvalue weighted by Gasteiger charge is 2.11. The minimum absolute atomic E-state index is 1.14. The van der Waals surface area contributed by atoms with Crippen molar-refractivity contribution in [3.8, 4) is 22.3 Å². The predicted molar refractivity (Wildman–Crippen MR) is 133 cm³/mol. The van der Waals surface area contributed by atoms with Gasteiger partial charge in [-0.15, -0.1) is 0 Å². The second kappa shape index (κ2) is 7.34. The van der Waals surface area contributed by atoms with Gasteiger partial charge in [0.05, 0.1) is 0 Å². The number of halogens is 2. The summed E-state index contributed by atoms with van der Waals surface area (Å²) >= 11 is 6.04. The Balaban J connectivity index is 1.85. The lowest BCUT2D eigenvalue weighted by atomic mass is 9.90. The van der Waals surface area contributed by atoms with Crippen LogP contribution in [0.2, 0.25) is 0 Å². The summed E-state index contributed by atoms with van der Waals surface area (Å²) in [5.41, 5.74) is 5.02. The van der Waals surface area contributed by atoms with Gasteiger partial charge in [-0.3, -0.25) is 0 Å². The van der Waals surface area contributed by atoms with Crippen LogP contribution >= 0.6 is 38.5 Å². The van der Waals surface area contributed by atoms with E-state index in [2.05, 4.69) is 136 Å². The SMILES string of the molecule is Brc1cc2cc3cc(-c4ccccc4)c(-c4ccccc4)cc3cc2cc1I. The fourth-order valence-corrected chi connectivity index (χ4v) is 4.61. The van der Waals surface area contributed by atoms with Crippen LogP contribution in [-0.2, 0) is 0 Å². The first-order valence-corrected chi connectivity index (χ1v) is 11.0. The molecular formula is C26H16BrI. The van der Waals surface area contributed by atoms with E-state index in [1.807, 2.05) is 0 Å². The molecule has 0 heterocycles. The van der Waals surface area contributed by atoms with Crippen molar-refractivity contribution in [1.29, 1.82) is 0 Å². The van der Waals surface area contributed by atoms with E-state index in [1.165, 1.54) is 47.4 Å². The monoisotopic (exact) mass is 534 g/mol. The van der Waals surface area contributed by atoms with Crippen LogP contribution in [0.3, 0.4) is 0 Å². The zero-order chi connectivity index (χ0) is 19.1. The van der Waals surface area contributed by atoms with Crippen molar-refractivity contribution in [2.45, 2.75) is 0 Å². The molecule has 5 rings (SSSR count). The molecule has 0 amide bonds. The van der Waals surface area contributed by atoms with Crippen LogP contribution in [0, 0.1) is 3.57 Å². The van der Waals surface area contributed by atoms with Gasteiger partial charge in [-0.25, -0.2) is 0 Å². The molecule has 0 bridgehead atoms. The van der Waals surface area contributed by atoms with E-state index < -0.39 is 0 Å². The van der Waals surface area contributed by atoms with Gasteiger partial charge in [0.2, 0.25) is 0 Å². The summed E-state index contributed by atoms with van der Waals surface area (Å²) in [6.45, 7) is 0. The van der Waals surface area contributed by atoms with Gasteiger partial charge < -0.3 is 0 Å². The Bertz CT molecular complexity index is 1210. The van der Waals surface area contributed by atoms with Crippen molar-refractivity contribution in [1.82, 2.24) is 0 Å². The quantitative estimate of drug-likeness (QED) is 0.157. The third-order valence-corrected chi connectivity index (χ3v) is 7.43. The summed E-state index contributed by atoms with van der Waals surface area (Å²) in [6.07, 6.45) is 0. The topological polar surface area (TPSA) is 0 Å². The predicted octanol–water partition coefficient (Wildman–Crippen LogP) is 8.69. The molecule has 0 fully saturated rings. The molecule has 0 spiro atoms. The molecule has 0 atom stereocenters. The van der Waals surface area contributed by atoms with Gasteiger partial charge in [0, 0.05) is 8.04 Å². The maximum absolute atomic E-state index is 3.67. The smallest absolute Gasteiger partial charge is 0.0315 e. The Hall–Kier alpha value is -2.17. The molecule has 5 aromatic carbocycles. The van der Waals surface area contributed by atoms with Gasteiger partial charge in [0.15, 0.2) is 0 Å². The van der Waals surface area contributed by atoms with E-state index in [0.29, 0.717) is 0 Å². The molecule has 5 aromatic rings. The highest BCUT2D eigenvalue weighted by Crippen LogP contribution is 2.37. The van der Waals surface area contributed by atoms with Crippen LogP contribution in [0.1, 0.15) is 0 Å². The van der Waals surface area contributed by atoms with Crippen LogP contribution in [0.15, 0.2) is 102 Å². The molecule has 28 heavy (non-hydrogen) atoms. The number of fused-ring (bicyclic) bond motifs is 2. The number of hydrogen-bond donors (Lipinski definition) is 0. The largest absolute Gasteiger partial charge is 0.0622 e. The molecule has 2 heteroatoms. The second-order valence-electron chi connectivity index (χ2n) is 6.94. The summed E-state index contributed by atoms with van der Waals surface area (Å²) < 4.78 is 2.37. The fraction of sp³-hybridized carbons (Fsp3) is 0. The van der Waals surface area contributed by atoms with Crippen molar-refractivity contribution in [2.24, 2.45) is 0 Å². The molecule has 0 unspecified atom stereocenters. The van der Waals surface area contributed by atoms with Crippen LogP contribution in [-0.4, -0.2) is 0 Å². The van der Waals surface area contributed by atoms with Crippen molar-refractivity contribution in [2.75, 3.05) is 0 Å². The highest BCUT2D eigenvalue weighted by atomic mass is 127. The van der Waals surface area contributed by atoms with Crippen LogP contribution in [0.5, 0.6) is 0 Å². The summed E-state index contributed by atoms with van der Waals surface area (Å²) in [5.74, 6) is 0. The van der Waals surface area contributed by atoms with Crippen molar-refractivity contribution < 1.29 is 0 Å². The fourth-order valence-electron chi connectivity index (χ4n) is 3.76. The molecule has 0 saturated carbocycles. The first-order valence-electron chi connectivity index (χ1n) is 9.16. The minimum Gasteiger partial charge on any atom is -0.0622 e. The normalized spacial score (nSPS) is 11.2. The standard InChI is InChI=1S/C26H16BrI/c27-25-15-21-11-19-13-23(17-7-3-1-4-8-17)24(18-9-5-2-6-10-18)14-20(19)12-22(21)16-26(25)28/h1-16H. The Morgan fingerprint density at radius 1 is 0.500 bits per heavy atom. The second-order valence-corrected chi connectivity index (χ2v) is 8.96. The molecular weight excluding hydrogens is 519 g/mol. The lowest BCUT2D eigenvalue weighted by Crippen LogP contribution is -1.88. The zero-order valence-corrected chi connectivity index (χ0v) is 18.7. The van der Waals surface area contributed by atoms with E-state index in [1.54, 1.807) is 0 Å². The van der Waals surface area contributed by atoms with E-state index in [-0.39, 0.29) is 0 Å². The van der Waals surface area contributed by atoms with E-state index >= 15 is 0 Å². The molecule has 134 valence electrons. The van der Waals surface area contributed by atoms with E-state index in [0.717, 1.165) is 4.47 Å². The molecule has 0 saturated heterocycles. The van der Waals surface area contributed by atoms with Gasteiger partial charge >= 0.3 is 0 Å². The Kier molecular flexibility index (Phi) is 4.69. The molecule has 0 nitrogen and oxygen atoms in total. The zero-order valence-electron chi connectivity index (χ0n) is 15.0. The van der Waals surface area contributed by atoms with Gasteiger partial charge in [-0.1, -0.05) is 60.7 Å². The Morgan fingerprint density at radius 2 is 0.929 bits per heavy atom. The van der Waals surface area contributed by atoms with Gasteiger partial charge in [-0.05, 0) is 119 Å². The average Bonchev–Trinajstić information content (AvgIpc) is 2.74. The lowest BCUT2D eigenvalue weighted by molar-refractivity contribution is 1.60. The Morgan fingerprint density at radius 3 is 1.43 bits per heavy atom. The van der Waals surface area contributed by atoms with Crippen LogP contribution in [0.25, 0.3) is 43.8 Å². The van der Waals surface area contributed by atoms with Gasteiger partial charge in [-0.2, -0.15) is 0 Å². The third kappa shape index (κ3) is 3.25. The Labute approximate surface area is 186 Å². The maximum Gasteiger partial charge on any atom is 0.0315 e. The van der Waals surface area contributed by atoms with Crippen molar-refractivity contribution >= 4 is 60.1 Å². The van der Waals surface area contributed by atoms with E-state index in [4.69, 9.17) is 0 Å². The van der Waals surface area contributed by atoms with Crippen LogP contribution in [0.4, 0.5) is 0 Å². The summed E-state index contributed by atoms with van der Waals surface area (Å²) in [5, 5.41) is 5.06. The van der Waals surface area contributed by atoms with Gasteiger partial charge in [0.1, 0.15) is 0 Å². The average molecular weight is 535 g/mol. The third-order valence-electron chi connectivity index (χ3n) is 5.14. The molecule has 0 aliphatic heterocycles. The first kappa shape index (κ1) is 17.9. The molecule has 0 N–H and O–H groups in total. The molecule has 0 radical (unpaired) electrons. The first-order chi connectivity index (χ1) is 13.7. The molecule has 0 aliphatic carbocycles. The molecule has 0 aromatic heterocycles. The highest BCUT2D eigenvalue weighted by molar-refractivity contribution is 14.1. The number of benzene rings is 5. The minimum atomic E-state index is 1.14.